The Kier molecular flexibility index (Phi) is 18.1. The molecule has 12 rings (SSSR count). The summed E-state index contributed by atoms with van der Waals surface area (Å²) >= 11 is 6.28. The number of nitrogens with zero attached hydrogens (tertiary/aromatic N) is 7. The Morgan fingerprint density at radius 3 is 2.40 bits per heavy atom. The number of piperazine rings is 2. The summed E-state index contributed by atoms with van der Waals surface area (Å²) in [7, 11) is -4.62. The highest BCUT2D eigenvalue weighted by Gasteiger charge is 2.41. The van der Waals surface area contributed by atoms with Gasteiger partial charge in [0.15, 0.2) is 0 Å². The van der Waals surface area contributed by atoms with Crippen molar-refractivity contribution >= 4 is 78.9 Å². The highest BCUT2D eigenvalue weighted by molar-refractivity contribution is 7.90. The number of allylic oxidation sites excluding steroid dienone is 1. The molecule has 6 aromatic rings. The predicted octanol–water partition coefficient (Wildman–Crippen LogP) is 9.64. The Balaban J connectivity index is 0.622. The summed E-state index contributed by atoms with van der Waals surface area (Å²) in [5, 5.41) is 19.6. The van der Waals surface area contributed by atoms with Crippen molar-refractivity contribution in [2.45, 2.75) is 102 Å². The van der Waals surface area contributed by atoms with E-state index in [0.29, 0.717) is 61.4 Å². The molecule has 468 valence electrons. The van der Waals surface area contributed by atoms with Gasteiger partial charge in [0, 0.05) is 130 Å². The molecule has 0 bridgehead atoms. The quantitative estimate of drug-likeness (QED) is 0.0240. The minimum absolute atomic E-state index is 0.0486. The predicted molar refractivity (Wildman–Crippen MR) is 340 cm³/mol. The number of aromatic amines is 1. The molecular formula is C66H76ClN11O10S. The molecule has 1 unspecified atom stereocenters. The first-order chi connectivity index (χ1) is 42.9. The maximum absolute atomic E-state index is 14.2. The number of amides is 4. The van der Waals surface area contributed by atoms with Gasteiger partial charge < -0.3 is 34.5 Å². The summed E-state index contributed by atoms with van der Waals surface area (Å²) in [4.78, 5) is 82.0. The number of nitro groups is 1. The SMILES string of the molecule is CC1(C)CCC(CN2CCN(c3ccc(C(=O)NS(=O)(=O)c4ccc(NCC5CCC(N6CCN(CCCOc7cccc8c7CN(C7CCC(=O)NC7=O)C8=O)CC6)CC5)c([N+](=O)[O-])c4)c(Oc4cnc5[nH]ccc5c4)c3)CC2)=C(c2ccc(Cl)cc2)C1. The number of carbonyl (C=O) groups excluding carboxylic acids is 4. The van der Waals surface area contributed by atoms with Crippen LogP contribution in [-0.2, 0) is 26.2 Å². The summed E-state index contributed by atoms with van der Waals surface area (Å²) in [6.07, 6.45) is 11.6. The number of hydrogen-bond acceptors (Lipinski definition) is 16. The molecule has 89 heavy (non-hydrogen) atoms. The van der Waals surface area contributed by atoms with Gasteiger partial charge in [-0.15, -0.1) is 0 Å². The van der Waals surface area contributed by atoms with Gasteiger partial charge in [-0.3, -0.25) is 44.4 Å². The number of H-pyrrole nitrogens is 1. The lowest BCUT2D eigenvalue weighted by Crippen LogP contribution is -2.52. The molecular weight excluding hydrogens is 1170 g/mol. The number of rotatable bonds is 20. The number of nitro benzene ring substituents is 1. The van der Waals surface area contributed by atoms with Crippen molar-refractivity contribution in [1.82, 2.24) is 39.6 Å². The first kappa shape index (κ1) is 61.4. The summed E-state index contributed by atoms with van der Waals surface area (Å²) in [5.41, 5.74) is 6.77. The van der Waals surface area contributed by atoms with Crippen molar-refractivity contribution in [3.63, 3.8) is 0 Å². The molecule has 21 nitrogen and oxygen atoms in total. The minimum atomic E-state index is -4.62. The van der Waals surface area contributed by atoms with Crippen LogP contribution in [0.2, 0.25) is 5.02 Å². The zero-order valence-electron chi connectivity index (χ0n) is 50.3. The zero-order valence-corrected chi connectivity index (χ0v) is 51.9. The molecule has 3 saturated heterocycles. The number of anilines is 2. The zero-order chi connectivity index (χ0) is 62.0. The van der Waals surface area contributed by atoms with E-state index in [2.05, 4.69) is 70.9 Å². The lowest BCUT2D eigenvalue weighted by molar-refractivity contribution is -0.384. The number of ether oxygens (including phenoxy) is 2. The van der Waals surface area contributed by atoms with Crippen LogP contribution in [0.5, 0.6) is 17.2 Å². The van der Waals surface area contributed by atoms with E-state index >= 15 is 0 Å². The molecule has 0 radical (unpaired) electrons. The Morgan fingerprint density at radius 2 is 1.64 bits per heavy atom. The van der Waals surface area contributed by atoms with E-state index in [4.69, 9.17) is 21.1 Å². The molecule has 6 aliphatic rings. The number of imide groups is 1. The second-order valence-electron chi connectivity index (χ2n) is 25.3. The molecule has 4 aromatic carbocycles. The molecule has 2 aromatic heterocycles. The number of fused-ring (bicyclic) bond motifs is 2. The largest absolute Gasteiger partial charge is 0.493 e. The normalized spacial score (nSPS) is 21.2. The lowest BCUT2D eigenvalue weighted by Gasteiger charge is -2.42. The van der Waals surface area contributed by atoms with Crippen LogP contribution in [0.4, 0.5) is 17.1 Å². The van der Waals surface area contributed by atoms with Crippen LogP contribution in [0.3, 0.4) is 0 Å². The maximum atomic E-state index is 14.2. The highest BCUT2D eigenvalue weighted by Crippen LogP contribution is 2.44. The van der Waals surface area contributed by atoms with E-state index < -0.39 is 43.4 Å². The van der Waals surface area contributed by atoms with Crippen LogP contribution in [0.25, 0.3) is 16.6 Å². The molecule has 1 atom stereocenters. The van der Waals surface area contributed by atoms with Crippen molar-refractivity contribution in [3.8, 4) is 17.2 Å². The first-order valence-corrected chi connectivity index (χ1v) is 32.9. The smallest absolute Gasteiger partial charge is 0.293 e. The standard InChI is InChI=1S/C66H76ClN11O10S/c1-66(2)23-21-46(54(38-66)44-9-11-47(67)12-10-44)41-74-28-32-76(33-29-74)49-15-17-53(60(36-49)88-50-35-45-22-24-68-62(45)70-40-50)63(80)72-89(85,86)51-16-18-56(58(37-51)78(83)84)69-39-43-7-13-48(14-8-43)75-30-26-73(27-31-75)25-4-34-87-59-6-3-5-52-55(59)42-77(65(52)82)57-19-20-61(79)71-64(57)81/h3,5-6,9-12,15-18,22,24,35-37,40,43,48,57,69H,4,7-8,13-14,19-21,23,25-34,38-39,41-42H2,1-2H3,(H,68,70)(H,72,80)(H,71,79,81). The fraction of sp³-hybridized carbons (Fsp3) is 0.439. The van der Waals surface area contributed by atoms with Gasteiger partial charge in [0.05, 0.1) is 34.7 Å². The maximum Gasteiger partial charge on any atom is 0.293 e. The summed E-state index contributed by atoms with van der Waals surface area (Å²) in [6, 6.07) is 25.7. The number of halogens is 1. The summed E-state index contributed by atoms with van der Waals surface area (Å²) in [5.74, 6) is -0.580. The second-order valence-corrected chi connectivity index (χ2v) is 27.4. The van der Waals surface area contributed by atoms with Crippen molar-refractivity contribution in [2.24, 2.45) is 11.3 Å². The third-order valence-corrected chi connectivity index (χ3v) is 20.4. The number of carbonyl (C=O) groups is 4. The molecule has 6 heterocycles. The van der Waals surface area contributed by atoms with Gasteiger partial charge in [-0.05, 0) is 141 Å². The van der Waals surface area contributed by atoms with Crippen molar-refractivity contribution < 1.29 is 42.0 Å². The third kappa shape index (κ3) is 14.1. The van der Waals surface area contributed by atoms with Gasteiger partial charge in [-0.25, -0.2) is 18.1 Å². The van der Waals surface area contributed by atoms with E-state index in [0.717, 1.165) is 131 Å². The third-order valence-electron chi connectivity index (χ3n) is 18.8. The molecule has 1 saturated carbocycles. The number of benzene rings is 4. The van der Waals surface area contributed by atoms with E-state index in [1.54, 1.807) is 42.6 Å². The average molecular weight is 1250 g/mol. The van der Waals surface area contributed by atoms with Crippen LogP contribution in [-0.4, -0.2) is 157 Å². The van der Waals surface area contributed by atoms with Crippen LogP contribution in [0.1, 0.15) is 110 Å². The molecule has 4 aliphatic heterocycles. The van der Waals surface area contributed by atoms with Crippen LogP contribution < -0.4 is 29.7 Å². The van der Waals surface area contributed by atoms with Crippen LogP contribution in [0, 0.1) is 21.4 Å². The fourth-order valence-electron chi connectivity index (χ4n) is 13.7. The molecule has 0 spiro atoms. The lowest BCUT2D eigenvalue weighted by atomic mass is 9.72. The van der Waals surface area contributed by atoms with E-state index in [-0.39, 0.29) is 53.1 Å². The Bertz CT molecular complexity index is 3810. The molecule has 23 heteroatoms. The summed E-state index contributed by atoms with van der Waals surface area (Å²) < 4.78 is 42.8. The van der Waals surface area contributed by atoms with Gasteiger partial charge >= 0.3 is 0 Å². The molecule has 2 aliphatic carbocycles. The molecule has 4 N–H and O–H groups in total. The molecule has 4 amide bonds. The van der Waals surface area contributed by atoms with Gasteiger partial charge in [0.1, 0.15) is 34.6 Å². The van der Waals surface area contributed by atoms with Gasteiger partial charge in [0.2, 0.25) is 11.8 Å². The van der Waals surface area contributed by atoms with Crippen LogP contribution >= 0.6 is 11.6 Å². The first-order valence-electron chi connectivity index (χ1n) is 31.0. The van der Waals surface area contributed by atoms with E-state index in [9.17, 15) is 37.7 Å². The number of pyridine rings is 1. The topological polar surface area (TPSA) is 245 Å². The monoisotopic (exact) mass is 1250 g/mol. The Hall–Kier alpha value is -7.89. The number of hydrogen-bond donors (Lipinski definition) is 4. The number of piperidine rings is 1. The van der Waals surface area contributed by atoms with Crippen molar-refractivity contribution in [1.29, 1.82) is 0 Å². The number of aromatic nitrogens is 2. The van der Waals surface area contributed by atoms with Crippen molar-refractivity contribution in [2.75, 3.05) is 88.8 Å². The second kappa shape index (κ2) is 26.3. The van der Waals surface area contributed by atoms with E-state index in [1.807, 2.05) is 24.3 Å². The minimum Gasteiger partial charge on any atom is -0.493 e. The summed E-state index contributed by atoms with van der Waals surface area (Å²) in [6.45, 7) is 14.5. The van der Waals surface area contributed by atoms with Gasteiger partial charge in [-0.1, -0.05) is 49.2 Å². The number of nitrogens with one attached hydrogen (secondary N) is 4. The number of sulfonamides is 1. The van der Waals surface area contributed by atoms with E-state index in [1.165, 1.54) is 39.9 Å². The van der Waals surface area contributed by atoms with Gasteiger partial charge in [-0.2, -0.15) is 0 Å². The fourth-order valence-corrected chi connectivity index (χ4v) is 14.8. The Morgan fingerprint density at radius 1 is 0.865 bits per heavy atom. The van der Waals surface area contributed by atoms with Crippen LogP contribution in [0.15, 0.2) is 114 Å². The van der Waals surface area contributed by atoms with Crippen molar-refractivity contribution in [3.05, 3.63) is 146 Å². The van der Waals surface area contributed by atoms with Gasteiger partial charge in [0.25, 0.3) is 27.5 Å². The average Bonchev–Trinajstić information content (AvgIpc) is 2.60. The molecule has 4 fully saturated rings. The Labute approximate surface area is 523 Å². The highest BCUT2D eigenvalue weighted by atomic mass is 35.5.